The largest absolute Gasteiger partial charge is 0.294 e. The van der Waals surface area contributed by atoms with Gasteiger partial charge in [0, 0.05) is 10.9 Å². The maximum absolute atomic E-state index is 13.6. The Morgan fingerprint density at radius 1 is 1.06 bits per heavy atom. The molecule has 92 valence electrons. The molecule has 0 saturated carbocycles. The lowest BCUT2D eigenvalue weighted by atomic mass is 10.0. The van der Waals surface area contributed by atoms with Gasteiger partial charge in [-0.15, -0.1) is 0 Å². The topological polar surface area (TPSA) is 17.1 Å². The van der Waals surface area contributed by atoms with E-state index in [-0.39, 0.29) is 23.6 Å². The van der Waals surface area contributed by atoms with Crippen molar-refractivity contribution in [1.82, 2.24) is 0 Å². The molecule has 4 heteroatoms. The minimum atomic E-state index is -0.559. The molecule has 0 aliphatic heterocycles. The first-order valence-corrected chi connectivity index (χ1v) is 6.09. The Balaban J connectivity index is 2.25. The van der Waals surface area contributed by atoms with E-state index in [1.54, 1.807) is 6.07 Å². The molecule has 0 spiro atoms. The van der Waals surface area contributed by atoms with Crippen LogP contribution in [-0.2, 0) is 6.42 Å². The average Bonchev–Trinajstić information content (AvgIpc) is 2.32. The van der Waals surface area contributed by atoms with Crippen molar-refractivity contribution < 1.29 is 13.6 Å². The lowest BCUT2D eigenvalue weighted by Gasteiger charge is -2.05. The van der Waals surface area contributed by atoms with Crippen LogP contribution in [0.4, 0.5) is 8.78 Å². The number of carbonyl (C=O) groups excluding carboxylic acids is 1. The van der Waals surface area contributed by atoms with Crippen LogP contribution in [0.2, 0.25) is 0 Å². The lowest BCUT2D eigenvalue weighted by molar-refractivity contribution is 0.0988. The first-order valence-electron chi connectivity index (χ1n) is 5.29. The zero-order valence-corrected chi connectivity index (χ0v) is 10.9. The summed E-state index contributed by atoms with van der Waals surface area (Å²) in [5.74, 6) is -1.26. The molecule has 18 heavy (non-hydrogen) atoms. The van der Waals surface area contributed by atoms with E-state index in [9.17, 15) is 13.6 Å². The third kappa shape index (κ3) is 2.82. The molecule has 2 aromatic rings. The molecule has 0 N–H and O–H groups in total. The van der Waals surface area contributed by atoms with Crippen molar-refractivity contribution in [3.63, 3.8) is 0 Å². The lowest BCUT2D eigenvalue weighted by Crippen LogP contribution is -2.07. The van der Waals surface area contributed by atoms with Gasteiger partial charge in [-0.05, 0) is 45.8 Å². The van der Waals surface area contributed by atoms with Crippen molar-refractivity contribution in [2.75, 3.05) is 0 Å². The Labute approximate surface area is 112 Å². The second-order valence-electron chi connectivity index (χ2n) is 3.82. The standard InChI is InChI=1S/C14H9BrF2O/c15-11-2-1-3-12(17)14(11)13(18)8-9-4-6-10(16)7-5-9/h1-7H,8H2. The van der Waals surface area contributed by atoms with Crippen LogP contribution in [0.15, 0.2) is 46.9 Å². The third-order valence-electron chi connectivity index (χ3n) is 2.52. The number of ketones is 1. The van der Waals surface area contributed by atoms with Gasteiger partial charge in [-0.2, -0.15) is 0 Å². The second kappa shape index (κ2) is 5.40. The van der Waals surface area contributed by atoms with Gasteiger partial charge in [0.1, 0.15) is 11.6 Å². The summed E-state index contributed by atoms with van der Waals surface area (Å²) in [6, 6.07) is 9.96. The van der Waals surface area contributed by atoms with Gasteiger partial charge in [0.15, 0.2) is 5.78 Å². The Bertz CT molecular complexity index is 559. The van der Waals surface area contributed by atoms with Gasteiger partial charge in [-0.25, -0.2) is 8.78 Å². The Hall–Kier alpha value is -1.55. The monoisotopic (exact) mass is 310 g/mol. The summed E-state index contributed by atoms with van der Waals surface area (Å²) >= 11 is 3.15. The van der Waals surface area contributed by atoms with Gasteiger partial charge in [-0.1, -0.05) is 18.2 Å². The summed E-state index contributed by atoms with van der Waals surface area (Å²) in [7, 11) is 0. The summed E-state index contributed by atoms with van der Waals surface area (Å²) in [6.45, 7) is 0. The predicted octanol–water partition coefficient (Wildman–Crippen LogP) is 4.15. The summed E-state index contributed by atoms with van der Waals surface area (Å²) in [5.41, 5.74) is 0.679. The van der Waals surface area contributed by atoms with Crippen molar-refractivity contribution in [2.24, 2.45) is 0 Å². The molecule has 0 bridgehead atoms. The van der Waals surface area contributed by atoms with Crippen molar-refractivity contribution in [3.8, 4) is 0 Å². The second-order valence-corrected chi connectivity index (χ2v) is 4.68. The highest BCUT2D eigenvalue weighted by Crippen LogP contribution is 2.21. The van der Waals surface area contributed by atoms with Crippen LogP contribution in [0.5, 0.6) is 0 Å². The van der Waals surface area contributed by atoms with Gasteiger partial charge in [0.05, 0.1) is 5.56 Å². The Morgan fingerprint density at radius 2 is 1.72 bits per heavy atom. The molecule has 2 aromatic carbocycles. The number of rotatable bonds is 3. The van der Waals surface area contributed by atoms with Gasteiger partial charge in [-0.3, -0.25) is 4.79 Å². The van der Waals surface area contributed by atoms with Gasteiger partial charge in [0.25, 0.3) is 0 Å². The van der Waals surface area contributed by atoms with E-state index in [0.29, 0.717) is 10.0 Å². The number of halogens is 3. The molecule has 0 aliphatic rings. The van der Waals surface area contributed by atoms with Crippen LogP contribution < -0.4 is 0 Å². The molecule has 0 aliphatic carbocycles. The molecule has 0 saturated heterocycles. The Kier molecular flexibility index (Phi) is 3.87. The van der Waals surface area contributed by atoms with Crippen molar-refractivity contribution in [1.29, 1.82) is 0 Å². The number of carbonyl (C=O) groups is 1. The molecular formula is C14H9BrF2O. The minimum Gasteiger partial charge on any atom is -0.294 e. The van der Waals surface area contributed by atoms with Crippen LogP contribution in [-0.4, -0.2) is 5.78 Å². The highest BCUT2D eigenvalue weighted by Gasteiger charge is 2.15. The van der Waals surface area contributed by atoms with E-state index in [1.807, 2.05) is 0 Å². The molecular weight excluding hydrogens is 302 g/mol. The number of benzene rings is 2. The summed E-state index contributed by atoms with van der Waals surface area (Å²) in [5, 5.41) is 0. The number of hydrogen-bond acceptors (Lipinski definition) is 1. The minimum absolute atomic E-state index is 0.0295. The molecule has 2 rings (SSSR count). The van der Waals surface area contributed by atoms with Crippen LogP contribution in [0.25, 0.3) is 0 Å². The molecule has 0 fully saturated rings. The first kappa shape index (κ1) is 12.9. The molecule has 0 aromatic heterocycles. The molecule has 0 heterocycles. The van der Waals surface area contributed by atoms with Crippen molar-refractivity contribution in [3.05, 3.63) is 69.7 Å². The summed E-state index contributed by atoms with van der Waals surface area (Å²) in [6.07, 6.45) is 0.0415. The van der Waals surface area contributed by atoms with Gasteiger partial charge in [0.2, 0.25) is 0 Å². The predicted molar refractivity (Wildman–Crippen MR) is 68.5 cm³/mol. The van der Waals surface area contributed by atoms with Crippen molar-refractivity contribution >= 4 is 21.7 Å². The van der Waals surface area contributed by atoms with Crippen LogP contribution >= 0.6 is 15.9 Å². The van der Waals surface area contributed by atoms with E-state index >= 15 is 0 Å². The number of Topliss-reactive ketones (excluding diaryl/α,β-unsaturated/α-hetero) is 1. The van der Waals surface area contributed by atoms with E-state index in [1.165, 1.54) is 36.4 Å². The summed E-state index contributed by atoms with van der Waals surface area (Å²) in [4.78, 5) is 12.0. The molecule has 1 nitrogen and oxygen atoms in total. The maximum Gasteiger partial charge on any atom is 0.171 e. The highest BCUT2D eigenvalue weighted by molar-refractivity contribution is 9.10. The van der Waals surface area contributed by atoms with Gasteiger partial charge < -0.3 is 0 Å². The van der Waals surface area contributed by atoms with Crippen molar-refractivity contribution in [2.45, 2.75) is 6.42 Å². The fourth-order valence-electron chi connectivity index (χ4n) is 1.64. The van der Waals surface area contributed by atoms with Crippen LogP contribution in [0.1, 0.15) is 15.9 Å². The first-order chi connectivity index (χ1) is 8.58. The van der Waals surface area contributed by atoms with Crippen LogP contribution in [0.3, 0.4) is 0 Å². The van der Waals surface area contributed by atoms with E-state index in [2.05, 4.69) is 15.9 Å². The fraction of sp³-hybridized carbons (Fsp3) is 0.0714. The number of hydrogen-bond donors (Lipinski definition) is 0. The SMILES string of the molecule is O=C(Cc1ccc(F)cc1)c1c(F)cccc1Br. The normalized spacial score (nSPS) is 10.4. The zero-order chi connectivity index (χ0) is 13.1. The van der Waals surface area contributed by atoms with Crippen LogP contribution in [0, 0.1) is 11.6 Å². The Morgan fingerprint density at radius 3 is 2.33 bits per heavy atom. The molecule has 0 atom stereocenters. The van der Waals surface area contributed by atoms with E-state index < -0.39 is 5.82 Å². The highest BCUT2D eigenvalue weighted by atomic mass is 79.9. The molecule has 0 amide bonds. The molecule has 0 radical (unpaired) electrons. The smallest absolute Gasteiger partial charge is 0.171 e. The summed E-state index contributed by atoms with van der Waals surface area (Å²) < 4.78 is 26.7. The average molecular weight is 311 g/mol. The fourth-order valence-corrected chi connectivity index (χ4v) is 2.20. The molecule has 0 unspecified atom stereocenters. The van der Waals surface area contributed by atoms with E-state index in [4.69, 9.17) is 0 Å². The maximum atomic E-state index is 13.6. The van der Waals surface area contributed by atoms with Gasteiger partial charge >= 0.3 is 0 Å². The third-order valence-corrected chi connectivity index (χ3v) is 3.18. The quantitative estimate of drug-likeness (QED) is 0.778. The van der Waals surface area contributed by atoms with E-state index in [0.717, 1.165) is 0 Å². The zero-order valence-electron chi connectivity index (χ0n) is 9.29.